The van der Waals surface area contributed by atoms with Gasteiger partial charge in [0.15, 0.2) is 10.3 Å². The molecule has 2 aromatic rings. The van der Waals surface area contributed by atoms with Gasteiger partial charge in [-0.2, -0.15) is 0 Å². The highest BCUT2D eigenvalue weighted by Crippen LogP contribution is 2.32. The second-order valence-electron chi connectivity index (χ2n) is 7.20. The Kier molecular flexibility index (Phi) is 6.71. The Morgan fingerprint density at radius 1 is 1.25 bits per heavy atom. The summed E-state index contributed by atoms with van der Waals surface area (Å²) in [6.07, 6.45) is 6.11. The third kappa shape index (κ3) is 4.72. The van der Waals surface area contributed by atoms with Crippen LogP contribution in [0, 0.1) is 6.92 Å². The van der Waals surface area contributed by atoms with E-state index in [9.17, 15) is 9.59 Å². The van der Waals surface area contributed by atoms with Gasteiger partial charge in [-0.1, -0.05) is 42.4 Å². The number of carbonyl (C=O) groups excluding carboxylic acids is 2. The molecule has 152 valence electrons. The van der Waals surface area contributed by atoms with Crippen molar-refractivity contribution in [3.8, 4) is 0 Å². The molecule has 0 radical (unpaired) electrons. The number of rotatable bonds is 6. The lowest BCUT2D eigenvalue weighted by molar-refractivity contribution is -0.113. The lowest BCUT2D eigenvalue weighted by Crippen LogP contribution is -2.21. The average Bonchev–Trinajstić information content (AvgIpc) is 3.22. The van der Waals surface area contributed by atoms with E-state index in [1.165, 1.54) is 47.3 Å². The zero-order valence-electron chi connectivity index (χ0n) is 16.7. The predicted octanol–water partition coefficient (Wildman–Crippen LogP) is 3.06. The fourth-order valence-corrected chi connectivity index (χ4v) is 5.03. The summed E-state index contributed by atoms with van der Waals surface area (Å²) in [5.41, 5.74) is 0.622. The third-order valence-corrected chi connectivity index (χ3v) is 6.90. The Hall–Kier alpha value is -1.94. The van der Waals surface area contributed by atoms with Crippen LogP contribution in [-0.2, 0) is 11.8 Å². The highest BCUT2D eigenvalue weighted by molar-refractivity contribution is 7.99. The van der Waals surface area contributed by atoms with Crippen molar-refractivity contribution in [3.63, 3.8) is 0 Å². The van der Waals surface area contributed by atoms with Crippen molar-refractivity contribution < 1.29 is 9.59 Å². The Morgan fingerprint density at radius 3 is 2.64 bits per heavy atom. The molecule has 0 unspecified atom stereocenters. The molecule has 1 N–H and O–H groups in total. The standard InChI is InChI=1S/C18H26N6O2S2/c1-11-14(16(26)23(2)3)28-17(19-11)20-13(25)10-27-18-22-21-15(24(18)4)12-8-6-5-7-9-12/h12H,5-10H2,1-4H3,(H,19,20,25). The number of nitrogens with one attached hydrogen (secondary N) is 1. The summed E-state index contributed by atoms with van der Waals surface area (Å²) in [4.78, 5) is 30.7. The number of hydrogen-bond donors (Lipinski definition) is 1. The van der Waals surface area contributed by atoms with Crippen LogP contribution in [0.25, 0.3) is 0 Å². The highest BCUT2D eigenvalue weighted by Gasteiger charge is 2.22. The van der Waals surface area contributed by atoms with E-state index in [0.717, 1.165) is 23.8 Å². The maximum absolute atomic E-state index is 12.3. The maximum atomic E-state index is 12.3. The summed E-state index contributed by atoms with van der Waals surface area (Å²) in [5.74, 6) is 1.42. The first kappa shape index (κ1) is 20.8. The molecule has 0 bridgehead atoms. The Balaban J connectivity index is 1.57. The molecule has 8 nitrogen and oxygen atoms in total. The Morgan fingerprint density at radius 2 is 1.96 bits per heavy atom. The van der Waals surface area contributed by atoms with Gasteiger partial charge in [-0.25, -0.2) is 4.98 Å². The molecule has 1 aliphatic carbocycles. The van der Waals surface area contributed by atoms with E-state index in [1.54, 1.807) is 21.0 Å². The van der Waals surface area contributed by atoms with Gasteiger partial charge < -0.3 is 14.8 Å². The van der Waals surface area contributed by atoms with Crippen molar-refractivity contribution in [1.82, 2.24) is 24.6 Å². The van der Waals surface area contributed by atoms with Crippen LogP contribution in [0.2, 0.25) is 0 Å². The van der Waals surface area contributed by atoms with Crippen LogP contribution < -0.4 is 5.32 Å². The molecule has 2 amide bonds. The number of anilines is 1. The van der Waals surface area contributed by atoms with Crippen LogP contribution in [0.4, 0.5) is 5.13 Å². The third-order valence-electron chi connectivity index (χ3n) is 4.81. The minimum absolute atomic E-state index is 0.112. The van der Waals surface area contributed by atoms with E-state index in [0.29, 0.717) is 21.6 Å². The molecule has 10 heteroatoms. The predicted molar refractivity (Wildman–Crippen MR) is 111 cm³/mol. The fourth-order valence-electron chi connectivity index (χ4n) is 3.31. The molecule has 0 atom stereocenters. The SMILES string of the molecule is Cc1nc(NC(=O)CSc2nnc(C3CCCCC3)n2C)sc1C(=O)N(C)C. The fraction of sp³-hybridized carbons (Fsp3) is 0.611. The number of thioether (sulfide) groups is 1. The van der Waals surface area contributed by atoms with E-state index >= 15 is 0 Å². The quantitative estimate of drug-likeness (QED) is 0.719. The molecular weight excluding hydrogens is 396 g/mol. The summed E-state index contributed by atoms with van der Waals surface area (Å²) in [6.45, 7) is 1.77. The van der Waals surface area contributed by atoms with Crippen LogP contribution in [0.15, 0.2) is 5.16 Å². The van der Waals surface area contributed by atoms with Gasteiger partial charge in [-0.3, -0.25) is 9.59 Å². The molecular formula is C18H26N6O2S2. The van der Waals surface area contributed by atoms with Gasteiger partial charge in [-0.15, -0.1) is 10.2 Å². The molecule has 2 aromatic heterocycles. The number of thiazole rings is 1. The first-order valence-electron chi connectivity index (χ1n) is 9.37. The molecule has 1 saturated carbocycles. The second kappa shape index (κ2) is 9.04. The van der Waals surface area contributed by atoms with Crippen LogP contribution in [0.3, 0.4) is 0 Å². The number of aryl methyl sites for hydroxylation is 1. The number of aromatic nitrogens is 4. The summed E-state index contributed by atoms with van der Waals surface area (Å²) in [6, 6.07) is 0. The van der Waals surface area contributed by atoms with E-state index in [2.05, 4.69) is 20.5 Å². The zero-order valence-corrected chi connectivity index (χ0v) is 18.3. The van der Waals surface area contributed by atoms with Gasteiger partial charge >= 0.3 is 0 Å². The summed E-state index contributed by atoms with van der Waals surface area (Å²) in [7, 11) is 5.35. The largest absolute Gasteiger partial charge is 0.344 e. The summed E-state index contributed by atoms with van der Waals surface area (Å²) < 4.78 is 2.01. The van der Waals surface area contributed by atoms with Crippen molar-refractivity contribution in [2.75, 3.05) is 25.2 Å². The highest BCUT2D eigenvalue weighted by atomic mass is 32.2. The minimum atomic E-state index is -0.176. The van der Waals surface area contributed by atoms with Crippen molar-refractivity contribution in [2.24, 2.45) is 7.05 Å². The van der Waals surface area contributed by atoms with Gasteiger partial charge in [0, 0.05) is 27.1 Å². The van der Waals surface area contributed by atoms with E-state index in [1.807, 2.05) is 11.6 Å². The number of amides is 2. The molecule has 0 aromatic carbocycles. The van der Waals surface area contributed by atoms with E-state index in [4.69, 9.17) is 0 Å². The summed E-state index contributed by atoms with van der Waals surface area (Å²) in [5, 5.41) is 12.6. The van der Waals surface area contributed by atoms with Crippen LogP contribution in [0.5, 0.6) is 0 Å². The lowest BCUT2D eigenvalue weighted by atomic mass is 9.89. The lowest BCUT2D eigenvalue weighted by Gasteiger charge is -2.20. The van der Waals surface area contributed by atoms with Crippen molar-refractivity contribution in [2.45, 2.75) is 50.1 Å². The second-order valence-corrected chi connectivity index (χ2v) is 9.15. The minimum Gasteiger partial charge on any atom is -0.344 e. The molecule has 0 spiro atoms. The maximum Gasteiger partial charge on any atom is 0.265 e. The zero-order chi connectivity index (χ0) is 20.3. The van der Waals surface area contributed by atoms with Crippen molar-refractivity contribution in [1.29, 1.82) is 0 Å². The average molecular weight is 423 g/mol. The van der Waals surface area contributed by atoms with E-state index in [-0.39, 0.29) is 17.6 Å². The van der Waals surface area contributed by atoms with Gasteiger partial charge in [0.2, 0.25) is 5.91 Å². The van der Waals surface area contributed by atoms with Gasteiger partial charge in [-0.05, 0) is 19.8 Å². The van der Waals surface area contributed by atoms with Crippen molar-refractivity contribution in [3.05, 3.63) is 16.4 Å². The van der Waals surface area contributed by atoms with Crippen LogP contribution in [-0.4, -0.2) is 56.3 Å². The van der Waals surface area contributed by atoms with Gasteiger partial charge in [0.25, 0.3) is 5.91 Å². The Bertz CT molecular complexity index is 854. The topological polar surface area (TPSA) is 93.0 Å². The van der Waals surface area contributed by atoms with Gasteiger partial charge in [0.1, 0.15) is 10.7 Å². The van der Waals surface area contributed by atoms with Crippen LogP contribution >= 0.6 is 23.1 Å². The number of hydrogen-bond acceptors (Lipinski definition) is 7. The molecule has 1 aliphatic rings. The smallest absolute Gasteiger partial charge is 0.265 e. The molecule has 3 rings (SSSR count). The number of nitrogens with zero attached hydrogens (tertiary/aromatic N) is 5. The monoisotopic (exact) mass is 422 g/mol. The molecule has 2 heterocycles. The molecule has 28 heavy (non-hydrogen) atoms. The normalized spacial score (nSPS) is 14.9. The molecule has 1 fully saturated rings. The Labute approximate surface area is 173 Å². The van der Waals surface area contributed by atoms with Crippen LogP contribution in [0.1, 0.15) is 59.2 Å². The first-order valence-corrected chi connectivity index (χ1v) is 11.2. The number of carbonyl (C=O) groups is 2. The molecule has 0 aliphatic heterocycles. The van der Waals surface area contributed by atoms with Gasteiger partial charge in [0.05, 0.1) is 11.4 Å². The van der Waals surface area contributed by atoms with E-state index < -0.39 is 0 Å². The first-order chi connectivity index (χ1) is 13.4. The summed E-state index contributed by atoms with van der Waals surface area (Å²) >= 11 is 2.56. The van der Waals surface area contributed by atoms with Crippen molar-refractivity contribution >= 4 is 40.0 Å². The molecule has 0 saturated heterocycles.